The average molecular weight is 347 g/mol. The maximum atomic E-state index is 13.7. The fourth-order valence-corrected chi connectivity index (χ4v) is 2.67. The van der Waals surface area contributed by atoms with E-state index in [1.165, 1.54) is 23.2 Å². The van der Waals surface area contributed by atoms with Gasteiger partial charge in [0.25, 0.3) is 11.8 Å². The van der Waals surface area contributed by atoms with E-state index in [9.17, 15) is 23.2 Å². The van der Waals surface area contributed by atoms with Crippen molar-refractivity contribution in [2.45, 2.75) is 0 Å². The highest BCUT2D eigenvalue weighted by molar-refractivity contribution is 5.96. The third kappa shape index (κ3) is 3.57. The first kappa shape index (κ1) is 16.8. The van der Waals surface area contributed by atoms with Gasteiger partial charge in [0.05, 0.1) is 11.1 Å². The van der Waals surface area contributed by atoms with Crippen molar-refractivity contribution in [3.63, 3.8) is 0 Å². The molecule has 1 fully saturated rings. The molecule has 0 aliphatic carbocycles. The second-order valence-corrected chi connectivity index (χ2v) is 5.65. The van der Waals surface area contributed by atoms with Crippen molar-refractivity contribution in [2.75, 3.05) is 26.2 Å². The van der Waals surface area contributed by atoms with Gasteiger partial charge in [0.1, 0.15) is 11.6 Å². The molecule has 2 aromatic rings. The fourth-order valence-electron chi connectivity index (χ4n) is 2.67. The summed E-state index contributed by atoms with van der Waals surface area (Å²) >= 11 is 0. The summed E-state index contributed by atoms with van der Waals surface area (Å²) in [5, 5.41) is 0. The van der Waals surface area contributed by atoms with E-state index in [4.69, 9.17) is 0 Å². The molecule has 0 saturated carbocycles. The van der Waals surface area contributed by atoms with Crippen molar-refractivity contribution in [1.82, 2.24) is 14.8 Å². The third-order valence-electron chi connectivity index (χ3n) is 4.05. The maximum absolute atomic E-state index is 13.7. The lowest BCUT2D eigenvalue weighted by Crippen LogP contribution is -2.50. The van der Waals surface area contributed by atoms with Gasteiger partial charge >= 0.3 is 0 Å². The number of carbonyl (C=O) groups excluding carboxylic acids is 2. The van der Waals surface area contributed by atoms with Gasteiger partial charge in [-0.3, -0.25) is 14.4 Å². The van der Waals surface area contributed by atoms with E-state index >= 15 is 0 Å². The molecule has 0 spiro atoms. The quantitative estimate of drug-likeness (QED) is 0.889. The predicted molar refractivity (Wildman–Crippen MR) is 85.2 cm³/mol. The fraction of sp³-hybridized carbons (Fsp3) is 0.235. The summed E-state index contributed by atoms with van der Waals surface area (Å²) in [5.74, 6) is -2.44. The summed E-state index contributed by atoms with van der Waals surface area (Å²) in [5.41, 5.74) is -0.140. The van der Waals surface area contributed by atoms with E-state index in [0.29, 0.717) is 11.6 Å². The Balaban J connectivity index is 1.65. The first-order chi connectivity index (χ1) is 12.0. The minimum Gasteiger partial charge on any atom is -0.335 e. The smallest absolute Gasteiger partial charge is 0.256 e. The molecule has 6 nitrogen and oxygen atoms in total. The molecule has 1 aliphatic heterocycles. The molecule has 2 amide bonds. The number of H-pyrrole nitrogens is 1. The van der Waals surface area contributed by atoms with Crippen LogP contribution in [-0.2, 0) is 0 Å². The van der Waals surface area contributed by atoms with E-state index in [0.717, 1.165) is 12.1 Å². The summed E-state index contributed by atoms with van der Waals surface area (Å²) in [6.45, 7) is 1.05. The van der Waals surface area contributed by atoms with E-state index in [2.05, 4.69) is 4.98 Å². The number of aromatic amines is 1. The maximum Gasteiger partial charge on any atom is 0.256 e. The average Bonchev–Trinajstić information content (AvgIpc) is 2.61. The van der Waals surface area contributed by atoms with Crippen LogP contribution in [0.25, 0.3) is 0 Å². The van der Waals surface area contributed by atoms with Gasteiger partial charge in [-0.2, -0.15) is 0 Å². The largest absolute Gasteiger partial charge is 0.335 e. The summed E-state index contributed by atoms with van der Waals surface area (Å²) in [7, 11) is 0. The Morgan fingerprint density at radius 3 is 2.12 bits per heavy atom. The Bertz CT molecular complexity index is 853. The zero-order valence-electron chi connectivity index (χ0n) is 13.2. The van der Waals surface area contributed by atoms with Crippen LogP contribution in [0, 0.1) is 11.6 Å². The number of rotatable bonds is 2. The first-order valence-corrected chi connectivity index (χ1v) is 7.68. The third-order valence-corrected chi connectivity index (χ3v) is 4.05. The summed E-state index contributed by atoms with van der Waals surface area (Å²) in [6.07, 6.45) is 1.34. The number of hydrogen-bond donors (Lipinski definition) is 1. The number of nitrogens with zero attached hydrogens (tertiary/aromatic N) is 2. The van der Waals surface area contributed by atoms with Gasteiger partial charge in [0.2, 0.25) is 5.56 Å². The Kier molecular flexibility index (Phi) is 4.60. The van der Waals surface area contributed by atoms with Gasteiger partial charge in [-0.15, -0.1) is 0 Å². The lowest BCUT2D eigenvalue weighted by Gasteiger charge is -2.34. The lowest BCUT2D eigenvalue weighted by atomic mass is 10.1. The number of aromatic nitrogens is 1. The molecule has 1 aromatic carbocycles. The van der Waals surface area contributed by atoms with Gasteiger partial charge in [-0.1, -0.05) is 0 Å². The molecule has 0 radical (unpaired) electrons. The Morgan fingerprint density at radius 2 is 1.56 bits per heavy atom. The molecule has 0 bridgehead atoms. The molecule has 25 heavy (non-hydrogen) atoms. The lowest BCUT2D eigenvalue weighted by molar-refractivity contribution is 0.0532. The highest BCUT2D eigenvalue weighted by Crippen LogP contribution is 2.15. The molecule has 0 atom stereocenters. The number of amides is 2. The van der Waals surface area contributed by atoms with Crippen molar-refractivity contribution in [1.29, 1.82) is 0 Å². The molecule has 1 N–H and O–H groups in total. The number of benzene rings is 1. The highest BCUT2D eigenvalue weighted by atomic mass is 19.1. The first-order valence-electron chi connectivity index (χ1n) is 7.68. The molecule has 130 valence electrons. The normalized spacial score (nSPS) is 14.5. The standard InChI is InChI=1S/C17H15F2N3O3/c18-12-2-3-13(14(19)9-12)17(25)22-7-5-21(6-8-22)16(24)11-1-4-15(23)20-10-11/h1-4,9-10H,5-8H2,(H,20,23). The second kappa shape index (κ2) is 6.84. The van der Waals surface area contributed by atoms with Crippen LogP contribution in [0.3, 0.4) is 0 Å². The molecule has 3 rings (SSSR count). The van der Waals surface area contributed by atoms with Gasteiger partial charge < -0.3 is 14.8 Å². The van der Waals surface area contributed by atoms with Crippen LogP contribution in [0.1, 0.15) is 20.7 Å². The molecule has 1 aromatic heterocycles. The molecule has 1 saturated heterocycles. The van der Waals surface area contributed by atoms with Crippen LogP contribution >= 0.6 is 0 Å². The monoisotopic (exact) mass is 347 g/mol. The molecular formula is C17H15F2N3O3. The zero-order valence-corrected chi connectivity index (χ0v) is 13.2. The van der Waals surface area contributed by atoms with E-state index in [1.54, 1.807) is 4.90 Å². The van der Waals surface area contributed by atoms with Crippen molar-refractivity contribution < 1.29 is 18.4 Å². The van der Waals surface area contributed by atoms with Crippen molar-refractivity contribution >= 4 is 11.8 Å². The highest BCUT2D eigenvalue weighted by Gasteiger charge is 2.27. The molecule has 0 unspecified atom stereocenters. The van der Waals surface area contributed by atoms with Crippen LogP contribution in [0.4, 0.5) is 8.78 Å². The molecule has 8 heteroatoms. The summed E-state index contributed by atoms with van der Waals surface area (Å²) < 4.78 is 26.7. The molecule has 2 heterocycles. The van der Waals surface area contributed by atoms with Gasteiger partial charge in [0.15, 0.2) is 0 Å². The van der Waals surface area contributed by atoms with E-state index in [-0.39, 0.29) is 43.2 Å². The molecular weight excluding hydrogens is 332 g/mol. The van der Waals surface area contributed by atoms with Crippen LogP contribution in [0.15, 0.2) is 41.3 Å². The minimum atomic E-state index is -0.906. The number of pyridine rings is 1. The van der Waals surface area contributed by atoms with Crippen molar-refractivity contribution in [3.05, 3.63) is 69.6 Å². The zero-order chi connectivity index (χ0) is 18.0. The van der Waals surface area contributed by atoms with E-state index < -0.39 is 17.5 Å². The van der Waals surface area contributed by atoms with Crippen LogP contribution in [0.5, 0.6) is 0 Å². The molecule has 1 aliphatic rings. The van der Waals surface area contributed by atoms with Gasteiger partial charge in [-0.25, -0.2) is 8.78 Å². The van der Waals surface area contributed by atoms with Gasteiger partial charge in [-0.05, 0) is 18.2 Å². The second-order valence-electron chi connectivity index (χ2n) is 5.65. The SMILES string of the molecule is O=C(c1ccc(=O)[nH]c1)N1CCN(C(=O)c2ccc(F)cc2F)CC1. The number of carbonyl (C=O) groups is 2. The number of nitrogens with one attached hydrogen (secondary N) is 1. The van der Waals surface area contributed by atoms with Crippen LogP contribution < -0.4 is 5.56 Å². The summed E-state index contributed by atoms with van der Waals surface area (Å²) in [4.78, 5) is 41.1. The Hall–Kier alpha value is -3.03. The number of hydrogen-bond acceptors (Lipinski definition) is 3. The van der Waals surface area contributed by atoms with Crippen LogP contribution in [-0.4, -0.2) is 52.8 Å². The van der Waals surface area contributed by atoms with Crippen molar-refractivity contribution in [3.8, 4) is 0 Å². The number of piperazine rings is 1. The number of halogens is 2. The Labute approximate surface area is 141 Å². The topological polar surface area (TPSA) is 73.5 Å². The minimum absolute atomic E-state index is 0.193. The summed E-state index contributed by atoms with van der Waals surface area (Å²) in [6, 6.07) is 5.53. The van der Waals surface area contributed by atoms with E-state index in [1.807, 2.05) is 0 Å². The predicted octanol–water partition coefficient (Wildman–Crippen LogP) is 1.25. The van der Waals surface area contributed by atoms with Crippen molar-refractivity contribution in [2.24, 2.45) is 0 Å². The van der Waals surface area contributed by atoms with Crippen LogP contribution in [0.2, 0.25) is 0 Å². The Morgan fingerprint density at radius 1 is 0.920 bits per heavy atom. The van der Waals surface area contributed by atoms with Gasteiger partial charge in [0, 0.05) is 44.5 Å².